The molecule has 0 bridgehead atoms. The molecule has 3 nitrogen and oxygen atoms in total. The van der Waals surface area contributed by atoms with E-state index in [4.69, 9.17) is 14.2 Å². The van der Waals surface area contributed by atoms with E-state index >= 15 is 0 Å². The van der Waals surface area contributed by atoms with Crippen LogP contribution in [0.15, 0.2) is 0 Å². The molecule has 104 valence electrons. The predicted octanol–water partition coefficient (Wildman–Crippen LogP) is 3.42. The van der Waals surface area contributed by atoms with Crippen molar-refractivity contribution in [3.8, 4) is 0 Å². The van der Waals surface area contributed by atoms with Crippen LogP contribution in [0.5, 0.6) is 0 Å². The quantitative estimate of drug-likeness (QED) is 0.440. The highest BCUT2D eigenvalue weighted by Gasteiger charge is 1.92. The highest BCUT2D eigenvalue weighted by Crippen LogP contribution is 1.95. The van der Waals surface area contributed by atoms with Gasteiger partial charge in [0.2, 0.25) is 0 Å². The number of hydrogen-bond donors (Lipinski definition) is 0. The first-order chi connectivity index (χ1) is 8.41. The first-order valence-electron chi connectivity index (χ1n) is 7.15. The summed E-state index contributed by atoms with van der Waals surface area (Å²) in [5.41, 5.74) is 0. The fourth-order valence-corrected chi connectivity index (χ4v) is 1.45. The van der Waals surface area contributed by atoms with Gasteiger partial charge in [-0.1, -0.05) is 39.5 Å². The molecule has 0 aliphatic heterocycles. The van der Waals surface area contributed by atoms with E-state index in [2.05, 4.69) is 13.8 Å². The first kappa shape index (κ1) is 16.9. The van der Waals surface area contributed by atoms with Crippen molar-refractivity contribution in [3.05, 3.63) is 0 Å². The molecule has 0 aliphatic rings. The Morgan fingerprint density at radius 2 is 0.824 bits per heavy atom. The molecule has 0 aromatic carbocycles. The molecule has 0 atom stereocenters. The topological polar surface area (TPSA) is 27.7 Å². The van der Waals surface area contributed by atoms with Gasteiger partial charge in [-0.05, 0) is 12.8 Å². The van der Waals surface area contributed by atoms with Gasteiger partial charge < -0.3 is 14.2 Å². The van der Waals surface area contributed by atoms with E-state index in [9.17, 15) is 0 Å². The summed E-state index contributed by atoms with van der Waals surface area (Å²) >= 11 is 0. The fourth-order valence-electron chi connectivity index (χ4n) is 1.45. The first-order valence-corrected chi connectivity index (χ1v) is 7.15. The van der Waals surface area contributed by atoms with Gasteiger partial charge in [-0.15, -0.1) is 0 Å². The summed E-state index contributed by atoms with van der Waals surface area (Å²) < 4.78 is 16.3. The molecule has 17 heavy (non-hydrogen) atoms. The number of rotatable bonds is 14. The Kier molecular flexibility index (Phi) is 15.8. The van der Waals surface area contributed by atoms with Crippen molar-refractivity contribution < 1.29 is 14.2 Å². The van der Waals surface area contributed by atoms with Crippen molar-refractivity contribution >= 4 is 0 Å². The smallest absolute Gasteiger partial charge is 0.0701 e. The van der Waals surface area contributed by atoms with Crippen LogP contribution < -0.4 is 0 Å². The molecule has 0 heterocycles. The third-order valence-corrected chi connectivity index (χ3v) is 2.53. The van der Waals surface area contributed by atoms with E-state index in [0.717, 1.165) is 26.1 Å². The Hall–Kier alpha value is -0.120. The maximum absolute atomic E-state index is 5.43. The van der Waals surface area contributed by atoms with Crippen molar-refractivity contribution in [2.24, 2.45) is 0 Å². The van der Waals surface area contributed by atoms with Crippen LogP contribution in [0.1, 0.15) is 52.4 Å². The lowest BCUT2D eigenvalue weighted by Gasteiger charge is -2.06. The maximum Gasteiger partial charge on any atom is 0.0701 e. The molecule has 0 aliphatic carbocycles. The highest BCUT2D eigenvalue weighted by atomic mass is 16.5. The third-order valence-electron chi connectivity index (χ3n) is 2.53. The van der Waals surface area contributed by atoms with Gasteiger partial charge in [-0.2, -0.15) is 0 Å². The molecule has 0 aromatic rings. The van der Waals surface area contributed by atoms with Crippen LogP contribution in [-0.2, 0) is 14.2 Å². The van der Waals surface area contributed by atoms with Crippen LogP contribution in [0.3, 0.4) is 0 Å². The van der Waals surface area contributed by atoms with E-state index in [1.54, 1.807) is 0 Å². The highest BCUT2D eigenvalue weighted by molar-refractivity contribution is 4.38. The molecule has 0 aromatic heterocycles. The zero-order valence-corrected chi connectivity index (χ0v) is 11.7. The van der Waals surface area contributed by atoms with Crippen LogP contribution >= 0.6 is 0 Å². The molecule has 0 N–H and O–H groups in total. The van der Waals surface area contributed by atoms with Gasteiger partial charge in [0.1, 0.15) is 0 Å². The lowest BCUT2D eigenvalue weighted by Crippen LogP contribution is -2.10. The van der Waals surface area contributed by atoms with E-state index in [1.165, 1.54) is 25.7 Å². The maximum atomic E-state index is 5.43. The molecular formula is C14H30O3. The number of unbranched alkanes of at least 4 members (excludes halogenated alkanes) is 4. The van der Waals surface area contributed by atoms with Crippen LogP contribution in [0.2, 0.25) is 0 Å². The lowest BCUT2D eigenvalue weighted by molar-refractivity contribution is 0.0133. The molecule has 0 amide bonds. The molecule has 0 saturated carbocycles. The second kappa shape index (κ2) is 15.9. The largest absolute Gasteiger partial charge is 0.379 e. The summed E-state index contributed by atoms with van der Waals surface area (Å²) in [6, 6.07) is 0. The van der Waals surface area contributed by atoms with Crippen LogP contribution in [0.25, 0.3) is 0 Å². The average molecular weight is 246 g/mol. The lowest BCUT2D eigenvalue weighted by atomic mass is 10.3. The van der Waals surface area contributed by atoms with Crippen molar-refractivity contribution in [3.63, 3.8) is 0 Å². The minimum absolute atomic E-state index is 0.685. The number of hydrogen-bond acceptors (Lipinski definition) is 3. The summed E-state index contributed by atoms with van der Waals surface area (Å²) in [7, 11) is 0. The van der Waals surface area contributed by atoms with E-state index in [1.807, 2.05) is 0 Å². The molecule has 0 saturated heterocycles. The molecule has 0 rings (SSSR count). The van der Waals surface area contributed by atoms with Crippen molar-refractivity contribution in [2.45, 2.75) is 52.4 Å². The summed E-state index contributed by atoms with van der Waals surface area (Å²) in [4.78, 5) is 0. The number of ether oxygens (including phenoxy) is 3. The van der Waals surface area contributed by atoms with Gasteiger partial charge in [0, 0.05) is 13.2 Å². The SMILES string of the molecule is CCCCCOCCOCCOCCCCC. The molecule has 0 unspecified atom stereocenters. The van der Waals surface area contributed by atoms with Gasteiger partial charge in [0.15, 0.2) is 0 Å². The normalized spacial score (nSPS) is 10.9. The van der Waals surface area contributed by atoms with E-state index in [-0.39, 0.29) is 0 Å². The van der Waals surface area contributed by atoms with Crippen LogP contribution in [0.4, 0.5) is 0 Å². The molecular weight excluding hydrogens is 216 g/mol. The van der Waals surface area contributed by atoms with Gasteiger partial charge in [-0.3, -0.25) is 0 Å². The fraction of sp³-hybridized carbons (Fsp3) is 1.00. The Labute approximate surface area is 107 Å². The Bertz CT molecular complexity index is 115. The van der Waals surface area contributed by atoms with E-state index in [0.29, 0.717) is 26.4 Å². The van der Waals surface area contributed by atoms with E-state index < -0.39 is 0 Å². The Morgan fingerprint density at radius 1 is 0.471 bits per heavy atom. The summed E-state index contributed by atoms with van der Waals surface area (Å²) in [6.45, 7) is 8.91. The minimum atomic E-state index is 0.685. The Morgan fingerprint density at radius 3 is 1.18 bits per heavy atom. The van der Waals surface area contributed by atoms with Crippen molar-refractivity contribution in [1.29, 1.82) is 0 Å². The summed E-state index contributed by atoms with van der Waals surface area (Å²) in [6.07, 6.45) is 7.33. The Balaban J connectivity index is 2.85. The molecule has 3 heteroatoms. The third kappa shape index (κ3) is 15.9. The van der Waals surface area contributed by atoms with Crippen LogP contribution in [-0.4, -0.2) is 39.6 Å². The van der Waals surface area contributed by atoms with Crippen molar-refractivity contribution in [2.75, 3.05) is 39.6 Å². The predicted molar refractivity (Wildman–Crippen MR) is 71.5 cm³/mol. The standard InChI is InChI=1S/C14H30O3/c1-3-5-7-9-15-11-13-17-14-12-16-10-8-6-4-2/h3-14H2,1-2H3. The average Bonchev–Trinajstić information content (AvgIpc) is 2.35. The summed E-state index contributed by atoms with van der Waals surface area (Å²) in [5, 5.41) is 0. The van der Waals surface area contributed by atoms with Gasteiger partial charge in [0.25, 0.3) is 0 Å². The van der Waals surface area contributed by atoms with Gasteiger partial charge in [0.05, 0.1) is 26.4 Å². The zero-order valence-electron chi connectivity index (χ0n) is 11.7. The zero-order chi connectivity index (χ0) is 12.6. The second-order valence-corrected chi connectivity index (χ2v) is 4.25. The summed E-state index contributed by atoms with van der Waals surface area (Å²) in [5.74, 6) is 0. The molecule has 0 radical (unpaired) electrons. The monoisotopic (exact) mass is 246 g/mol. The van der Waals surface area contributed by atoms with Gasteiger partial charge in [-0.25, -0.2) is 0 Å². The van der Waals surface area contributed by atoms with Crippen LogP contribution in [0, 0.1) is 0 Å². The molecule has 0 spiro atoms. The van der Waals surface area contributed by atoms with Gasteiger partial charge >= 0.3 is 0 Å². The minimum Gasteiger partial charge on any atom is -0.379 e. The second-order valence-electron chi connectivity index (χ2n) is 4.25. The van der Waals surface area contributed by atoms with Crippen molar-refractivity contribution in [1.82, 2.24) is 0 Å². The molecule has 0 fully saturated rings.